The van der Waals surface area contributed by atoms with E-state index in [0.29, 0.717) is 22.7 Å². The van der Waals surface area contributed by atoms with Gasteiger partial charge in [0.1, 0.15) is 6.54 Å². The first-order chi connectivity index (χ1) is 17.2. The molecule has 1 amide bonds. The highest BCUT2D eigenvalue weighted by Gasteiger charge is 2.29. The summed E-state index contributed by atoms with van der Waals surface area (Å²) in [5, 5.41) is 3.52. The van der Waals surface area contributed by atoms with Crippen LogP contribution in [0.4, 0.5) is 5.69 Å². The molecule has 1 aliphatic rings. The smallest absolute Gasteiger partial charge is 0.264 e. The van der Waals surface area contributed by atoms with Gasteiger partial charge >= 0.3 is 0 Å². The molecular weight excluding hydrogens is 492 g/mol. The van der Waals surface area contributed by atoms with Crippen LogP contribution in [0.25, 0.3) is 0 Å². The fourth-order valence-electron chi connectivity index (χ4n) is 4.76. The van der Waals surface area contributed by atoms with E-state index >= 15 is 0 Å². The number of fused-ring (bicyclic) bond motifs is 1. The van der Waals surface area contributed by atoms with E-state index in [1.807, 2.05) is 13.8 Å². The van der Waals surface area contributed by atoms with Crippen LogP contribution >= 0.6 is 11.6 Å². The van der Waals surface area contributed by atoms with Crippen LogP contribution in [-0.4, -0.2) is 20.9 Å². The number of nitrogens with zero attached hydrogens (tertiary/aromatic N) is 1. The van der Waals surface area contributed by atoms with E-state index in [2.05, 4.69) is 23.5 Å². The number of amides is 1. The highest BCUT2D eigenvalue weighted by atomic mass is 35.5. The van der Waals surface area contributed by atoms with Crippen LogP contribution in [0.2, 0.25) is 5.02 Å². The average molecular weight is 525 g/mol. The molecule has 0 unspecified atom stereocenters. The van der Waals surface area contributed by atoms with Crippen molar-refractivity contribution in [3.63, 3.8) is 0 Å². The summed E-state index contributed by atoms with van der Waals surface area (Å²) in [6, 6.07) is 18.0. The minimum atomic E-state index is -4.01. The lowest BCUT2D eigenvalue weighted by Crippen LogP contribution is -2.42. The second-order valence-electron chi connectivity index (χ2n) is 9.47. The van der Waals surface area contributed by atoms with Crippen LogP contribution in [0.1, 0.15) is 60.0 Å². The van der Waals surface area contributed by atoms with Gasteiger partial charge in [-0.05, 0) is 92.5 Å². The maximum Gasteiger partial charge on any atom is 0.264 e. The molecule has 1 atom stereocenters. The molecule has 0 aromatic heterocycles. The summed E-state index contributed by atoms with van der Waals surface area (Å²) in [4.78, 5) is 13.5. The Balaban J connectivity index is 1.63. The molecule has 4 rings (SSSR count). The summed E-state index contributed by atoms with van der Waals surface area (Å²) in [5.74, 6) is -0.366. The number of halogens is 1. The monoisotopic (exact) mass is 524 g/mol. The highest BCUT2D eigenvalue weighted by Crippen LogP contribution is 2.31. The molecule has 0 fully saturated rings. The van der Waals surface area contributed by atoms with Crippen LogP contribution in [-0.2, 0) is 27.7 Å². The van der Waals surface area contributed by atoms with E-state index in [1.54, 1.807) is 49.4 Å². The first-order valence-corrected chi connectivity index (χ1v) is 14.3. The van der Waals surface area contributed by atoms with E-state index in [9.17, 15) is 13.2 Å². The predicted octanol–water partition coefficient (Wildman–Crippen LogP) is 6.30. The fourth-order valence-corrected chi connectivity index (χ4v) is 6.41. The van der Waals surface area contributed by atoms with E-state index in [-0.39, 0.29) is 23.4 Å². The Hall–Kier alpha value is -2.83. The molecule has 0 aliphatic heterocycles. The third-order valence-corrected chi connectivity index (χ3v) is 9.11. The Morgan fingerprint density at radius 2 is 1.69 bits per heavy atom. The number of sulfonamides is 1. The molecule has 1 aliphatic carbocycles. The lowest BCUT2D eigenvalue weighted by Gasteiger charge is -2.27. The van der Waals surface area contributed by atoms with Gasteiger partial charge in [-0.3, -0.25) is 9.10 Å². The van der Waals surface area contributed by atoms with E-state index < -0.39 is 10.0 Å². The number of benzene rings is 3. The third kappa shape index (κ3) is 5.60. The first kappa shape index (κ1) is 26.2. The number of hydrogen-bond donors (Lipinski definition) is 1. The number of aryl methyl sites for hydroxylation is 3. The van der Waals surface area contributed by atoms with Gasteiger partial charge in [0.25, 0.3) is 10.0 Å². The Labute approximate surface area is 219 Å². The standard InChI is InChI=1S/C29H33ClN2O3S/c1-4-27(24-15-14-22-8-5-6-9-23(22)18-24)31-29(33)19-32(28-11-7-10-26(30)21(28)3)36(34,35)25-16-12-20(2)13-17-25/h7,10-18,27H,4-6,8-9,19H2,1-3H3,(H,31,33)/t27-/m1/s1. The van der Waals surface area contributed by atoms with Gasteiger partial charge in [-0.1, -0.05) is 60.5 Å². The van der Waals surface area contributed by atoms with Gasteiger partial charge in [-0.25, -0.2) is 8.42 Å². The number of hydrogen-bond acceptors (Lipinski definition) is 3. The molecular formula is C29H33ClN2O3S. The maximum atomic E-state index is 13.7. The van der Waals surface area contributed by atoms with Gasteiger partial charge in [0.05, 0.1) is 16.6 Å². The summed E-state index contributed by atoms with van der Waals surface area (Å²) in [5.41, 5.74) is 5.73. The molecule has 0 bridgehead atoms. The minimum Gasteiger partial charge on any atom is -0.348 e. The van der Waals surface area contributed by atoms with E-state index in [4.69, 9.17) is 11.6 Å². The average Bonchev–Trinajstić information content (AvgIpc) is 2.87. The minimum absolute atomic E-state index is 0.127. The molecule has 0 radical (unpaired) electrons. The molecule has 1 N–H and O–H groups in total. The van der Waals surface area contributed by atoms with Gasteiger partial charge in [-0.15, -0.1) is 0 Å². The Bertz CT molecular complexity index is 1350. The molecule has 36 heavy (non-hydrogen) atoms. The summed E-state index contributed by atoms with van der Waals surface area (Å²) < 4.78 is 28.6. The van der Waals surface area contributed by atoms with E-state index in [0.717, 1.165) is 28.3 Å². The fraction of sp³-hybridized carbons (Fsp3) is 0.345. The van der Waals surface area contributed by atoms with Crippen molar-refractivity contribution in [2.45, 2.75) is 63.8 Å². The Morgan fingerprint density at radius 1 is 1.00 bits per heavy atom. The molecule has 0 heterocycles. The highest BCUT2D eigenvalue weighted by molar-refractivity contribution is 7.92. The topological polar surface area (TPSA) is 66.5 Å². The Kier molecular flexibility index (Phi) is 8.06. The van der Waals surface area contributed by atoms with Crippen molar-refractivity contribution in [2.75, 3.05) is 10.8 Å². The van der Waals surface area contributed by atoms with Crippen molar-refractivity contribution in [1.29, 1.82) is 0 Å². The van der Waals surface area contributed by atoms with E-state index in [1.165, 1.54) is 24.0 Å². The normalized spacial score (nSPS) is 14.1. The van der Waals surface area contributed by atoms with Crippen molar-refractivity contribution in [3.05, 3.63) is 93.5 Å². The van der Waals surface area contributed by atoms with Crippen molar-refractivity contribution >= 4 is 33.2 Å². The first-order valence-electron chi connectivity index (χ1n) is 12.5. The molecule has 3 aromatic carbocycles. The van der Waals surface area contributed by atoms with Gasteiger partial charge in [0.2, 0.25) is 5.91 Å². The molecule has 0 saturated carbocycles. The SMILES string of the molecule is CC[C@@H](NC(=O)CN(c1cccc(Cl)c1C)S(=O)(=O)c1ccc(C)cc1)c1ccc2c(c1)CCCC2. The molecule has 7 heteroatoms. The second kappa shape index (κ2) is 11.1. The Morgan fingerprint density at radius 3 is 2.39 bits per heavy atom. The van der Waals surface area contributed by atoms with Crippen LogP contribution < -0.4 is 9.62 Å². The number of carbonyl (C=O) groups excluding carboxylic acids is 1. The molecule has 0 spiro atoms. The largest absolute Gasteiger partial charge is 0.348 e. The molecule has 0 saturated heterocycles. The zero-order chi connectivity index (χ0) is 25.9. The zero-order valence-corrected chi connectivity index (χ0v) is 22.6. The maximum absolute atomic E-state index is 13.7. The summed E-state index contributed by atoms with van der Waals surface area (Å²) in [6.07, 6.45) is 5.26. The lowest BCUT2D eigenvalue weighted by molar-refractivity contribution is -0.120. The van der Waals surface area contributed by atoms with Crippen LogP contribution in [0, 0.1) is 13.8 Å². The quantitative estimate of drug-likeness (QED) is 0.376. The molecule has 3 aromatic rings. The lowest BCUT2D eigenvalue weighted by atomic mass is 9.89. The number of anilines is 1. The molecule has 5 nitrogen and oxygen atoms in total. The molecule has 190 valence electrons. The van der Waals surface area contributed by atoms with Crippen molar-refractivity contribution in [2.24, 2.45) is 0 Å². The van der Waals surface area contributed by atoms with Crippen LogP contribution in [0.15, 0.2) is 65.6 Å². The summed E-state index contributed by atoms with van der Waals surface area (Å²) >= 11 is 6.33. The van der Waals surface area contributed by atoms with Crippen molar-refractivity contribution in [3.8, 4) is 0 Å². The summed E-state index contributed by atoms with van der Waals surface area (Å²) in [6.45, 7) is 5.33. The zero-order valence-electron chi connectivity index (χ0n) is 21.1. The van der Waals surface area contributed by atoms with Crippen LogP contribution in [0.5, 0.6) is 0 Å². The van der Waals surface area contributed by atoms with Gasteiger partial charge in [-0.2, -0.15) is 0 Å². The van der Waals surface area contributed by atoms with Gasteiger partial charge < -0.3 is 5.32 Å². The third-order valence-electron chi connectivity index (χ3n) is 6.92. The van der Waals surface area contributed by atoms with Crippen molar-refractivity contribution in [1.82, 2.24) is 5.32 Å². The second-order valence-corrected chi connectivity index (χ2v) is 11.7. The number of nitrogens with one attached hydrogen (secondary N) is 1. The van der Waals surface area contributed by atoms with Gasteiger partial charge in [0, 0.05) is 5.02 Å². The van der Waals surface area contributed by atoms with Crippen molar-refractivity contribution < 1.29 is 13.2 Å². The summed E-state index contributed by atoms with van der Waals surface area (Å²) in [7, 11) is -4.01. The number of carbonyl (C=O) groups is 1. The van der Waals surface area contributed by atoms with Gasteiger partial charge in [0.15, 0.2) is 0 Å². The number of rotatable bonds is 8. The van der Waals surface area contributed by atoms with Crippen LogP contribution in [0.3, 0.4) is 0 Å². The predicted molar refractivity (Wildman–Crippen MR) is 146 cm³/mol.